The summed E-state index contributed by atoms with van der Waals surface area (Å²) in [7, 11) is 1.41. The first-order chi connectivity index (χ1) is 15.8. The zero-order chi connectivity index (χ0) is 24.1. The molecule has 0 aromatic rings. The van der Waals surface area contributed by atoms with Crippen molar-refractivity contribution in [2.45, 2.75) is 89.9 Å². The predicted octanol–water partition coefficient (Wildman–Crippen LogP) is 2.72. The van der Waals surface area contributed by atoms with Crippen molar-refractivity contribution in [3.63, 3.8) is 0 Å². The van der Waals surface area contributed by atoms with Crippen LogP contribution >= 0.6 is 0 Å². The molecule has 9 heteroatoms. The van der Waals surface area contributed by atoms with Crippen LogP contribution in [0.2, 0.25) is 0 Å². The third-order valence-electron chi connectivity index (χ3n) is 7.72. The largest absolute Gasteiger partial charge is 0.453 e. The summed E-state index contributed by atoms with van der Waals surface area (Å²) in [5.74, 6) is 1.21. The number of ether oxygens (including phenoxy) is 2. The number of carbonyl (C=O) groups is 3. The number of nitrogens with zero attached hydrogens (tertiary/aromatic N) is 2. The van der Waals surface area contributed by atoms with Crippen LogP contribution in [0.15, 0.2) is 0 Å². The van der Waals surface area contributed by atoms with Crippen molar-refractivity contribution in [2.75, 3.05) is 26.7 Å². The molecule has 0 spiro atoms. The molecule has 0 aromatic heterocycles. The number of rotatable bonds is 5. The molecule has 3 aliphatic rings. The van der Waals surface area contributed by atoms with E-state index in [1.807, 2.05) is 30.6 Å². The van der Waals surface area contributed by atoms with Gasteiger partial charge < -0.3 is 25.4 Å². The highest BCUT2D eigenvalue weighted by atomic mass is 16.6. The van der Waals surface area contributed by atoms with Crippen molar-refractivity contribution in [1.29, 1.82) is 0 Å². The van der Waals surface area contributed by atoms with Crippen molar-refractivity contribution in [2.24, 2.45) is 23.5 Å². The van der Waals surface area contributed by atoms with Gasteiger partial charge in [-0.05, 0) is 77.6 Å². The molecule has 4 atom stereocenters. The predicted molar refractivity (Wildman–Crippen MR) is 124 cm³/mol. The fraction of sp³-hybridized carbons (Fsp3) is 0.875. The molecule has 1 saturated heterocycles. The summed E-state index contributed by atoms with van der Waals surface area (Å²) in [5, 5.41) is 2.92. The maximum absolute atomic E-state index is 13.0. The summed E-state index contributed by atoms with van der Waals surface area (Å²) in [6.07, 6.45) is 5.76. The number of carbonyl (C=O) groups excluding carboxylic acids is 3. The van der Waals surface area contributed by atoms with E-state index in [-0.39, 0.29) is 48.2 Å². The first-order valence-electron chi connectivity index (χ1n) is 12.6. The van der Waals surface area contributed by atoms with E-state index >= 15 is 0 Å². The number of nitrogens with two attached hydrogens (primary N) is 1. The van der Waals surface area contributed by atoms with Crippen molar-refractivity contribution >= 4 is 18.1 Å². The molecule has 3 N–H and O–H groups in total. The molecule has 0 radical (unpaired) electrons. The molecule has 3 amide bonds. The van der Waals surface area contributed by atoms with Crippen molar-refractivity contribution in [1.82, 2.24) is 15.1 Å². The van der Waals surface area contributed by atoms with Crippen molar-refractivity contribution < 1.29 is 23.9 Å². The van der Waals surface area contributed by atoms with Crippen LogP contribution in [0.4, 0.5) is 9.59 Å². The van der Waals surface area contributed by atoms with E-state index in [0.717, 1.165) is 44.9 Å². The average molecular weight is 467 g/mol. The van der Waals surface area contributed by atoms with E-state index in [0.29, 0.717) is 31.5 Å². The number of amides is 3. The van der Waals surface area contributed by atoms with Crippen LogP contribution in [-0.4, -0.2) is 78.9 Å². The fourth-order valence-electron chi connectivity index (χ4n) is 6.18. The Morgan fingerprint density at radius 1 is 1.00 bits per heavy atom. The number of nitrogens with one attached hydrogen (secondary N) is 1. The van der Waals surface area contributed by atoms with E-state index in [1.165, 1.54) is 7.11 Å². The van der Waals surface area contributed by atoms with Gasteiger partial charge in [0.15, 0.2) is 0 Å². The first-order valence-corrected chi connectivity index (χ1v) is 12.6. The minimum atomic E-state index is -0.322. The van der Waals surface area contributed by atoms with Gasteiger partial charge in [-0.2, -0.15) is 0 Å². The summed E-state index contributed by atoms with van der Waals surface area (Å²) in [6, 6.07) is -0.260. The summed E-state index contributed by atoms with van der Waals surface area (Å²) in [5.41, 5.74) is 5.50. The summed E-state index contributed by atoms with van der Waals surface area (Å²) >= 11 is 0. The van der Waals surface area contributed by atoms with Crippen LogP contribution in [0.25, 0.3) is 0 Å². The second-order valence-electron chi connectivity index (χ2n) is 10.2. The average Bonchev–Trinajstić information content (AvgIpc) is 2.80. The third-order valence-corrected chi connectivity index (χ3v) is 7.72. The monoisotopic (exact) mass is 466 g/mol. The van der Waals surface area contributed by atoms with Crippen LogP contribution in [0.3, 0.4) is 0 Å². The van der Waals surface area contributed by atoms with Gasteiger partial charge in [-0.15, -0.1) is 0 Å². The Morgan fingerprint density at radius 2 is 1.67 bits per heavy atom. The van der Waals surface area contributed by atoms with E-state index in [1.54, 1.807) is 0 Å². The second kappa shape index (κ2) is 11.4. The number of fused-ring (bicyclic) bond motifs is 1. The summed E-state index contributed by atoms with van der Waals surface area (Å²) in [4.78, 5) is 41.5. The SMILES string of the molecule is COC(=O)N1C2CCC(C3CCC(C(=O)NCCN)CC3)CC2N(C(=O)OC(C)C)C[C@@H]1C. The molecule has 9 nitrogen and oxygen atoms in total. The molecule has 3 rings (SSSR count). The first kappa shape index (κ1) is 25.6. The van der Waals surface area contributed by atoms with Crippen LogP contribution in [0.5, 0.6) is 0 Å². The third kappa shape index (κ3) is 5.91. The van der Waals surface area contributed by atoms with Crippen molar-refractivity contribution in [3.05, 3.63) is 0 Å². The van der Waals surface area contributed by atoms with Crippen LogP contribution in [0, 0.1) is 17.8 Å². The van der Waals surface area contributed by atoms with Crippen LogP contribution in [0.1, 0.15) is 65.7 Å². The lowest BCUT2D eigenvalue weighted by molar-refractivity contribution is -0.126. The molecule has 1 heterocycles. The number of hydrogen-bond acceptors (Lipinski definition) is 6. The van der Waals surface area contributed by atoms with E-state index < -0.39 is 0 Å². The minimum Gasteiger partial charge on any atom is -0.453 e. The highest BCUT2D eigenvalue weighted by Crippen LogP contribution is 2.44. The Kier molecular flexibility index (Phi) is 8.84. The zero-order valence-electron chi connectivity index (χ0n) is 20.6. The minimum absolute atomic E-state index is 0.0597. The van der Waals surface area contributed by atoms with Gasteiger partial charge in [0.25, 0.3) is 0 Å². The van der Waals surface area contributed by atoms with E-state index in [4.69, 9.17) is 15.2 Å². The molecule has 188 valence electrons. The topological polar surface area (TPSA) is 114 Å². The molecule has 0 bridgehead atoms. The van der Waals surface area contributed by atoms with Gasteiger partial charge in [-0.25, -0.2) is 9.59 Å². The molecule has 3 fully saturated rings. The lowest BCUT2D eigenvalue weighted by Crippen LogP contribution is -2.67. The van der Waals surface area contributed by atoms with Gasteiger partial charge >= 0.3 is 12.2 Å². The zero-order valence-corrected chi connectivity index (χ0v) is 20.6. The fourth-order valence-corrected chi connectivity index (χ4v) is 6.18. The second-order valence-corrected chi connectivity index (χ2v) is 10.2. The molecule has 2 aliphatic carbocycles. The summed E-state index contributed by atoms with van der Waals surface area (Å²) < 4.78 is 10.6. The molecular weight excluding hydrogens is 424 g/mol. The van der Waals surface area contributed by atoms with Crippen molar-refractivity contribution in [3.8, 4) is 0 Å². The quantitative estimate of drug-likeness (QED) is 0.644. The normalized spacial score (nSPS) is 32.2. The Balaban J connectivity index is 1.68. The van der Waals surface area contributed by atoms with E-state index in [9.17, 15) is 14.4 Å². The lowest BCUT2D eigenvalue weighted by atomic mass is 9.68. The smallest absolute Gasteiger partial charge is 0.410 e. The van der Waals surface area contributed by atoms with Gasteiger partial charge in [0, 0.05) is 25.6 Å². The Bertz CT molecular complexity index is 694. The van der Waals surface area contributed by atoms with Crippen LogP contribution < -0.4 is 11.1 Å². The molecule has 2 saturated carbocycles. The lowest BCUT2D eigenvalue weighted by Gasteiger charge is -2.54. The van der Waals surface area contributed by atoms with Gasteiger partial charge in [0.1, 0.15) is 0 Å². The Labute approximate surface area is 197 Å². The highest BCUT2D eigenvalue weighted by molar-refractivity contribution is 5.78. The maximum Gasteiger partial charge on any atom is 0.410 e. The number of hydrogen-bond donors (Lipinski definition) is 2. The molecule has 1 aliphatic heterocycles. The Morgan fingerprint density at radius 3 is 2.27 bits per heavy atom. The van der Waals surface area contributed by atoms with E-state index in [2.05, 4.69) is 5.32 Å². The number of methoxy groups -OCH3 is 1. The summed E-state index contributed by atoms with van der Waals surface area (Å²) in [6.45, 7) is 7.11. The Hall–Kier alpha value is -2.03. The maximum atomic E-state index is 13.0. The highest BCUT2D eigenvalue weighted by Gasteiger charge is 2.49. The van der Waals surface area contributed by atoms with Gasteiger partial charge in [0.05, 0.1) is 31.3 Å². The standard InChI is InChI=1S/C24H42N4O5/c1-15(2)33-23(30)27-14-16(3)28(24(31)32-4)20-10-9-19(13-21(20)27)17-5-7-18(8-6-17)22(29)26-12-11-25/h15-21H,5-14,25H2,1-4H3,(H,26,29)/t16-,17?,18?,19?,20?,21?/m0/s1. The molecule has 33 heavy (non-hydrogen) atoms. The molecular formula is C24H42N4O5. The van der Waals surface area contributed by atoms with Gasteiger partial charge in [-0.1, -0.05) is 0 Å². The van der Waals surface area contributed by atoms with Crippen LogP contribution in [-0.2, 0) is 14.3 Å². The van der Waals surface area contributed by atoms with Gasteiger partial charge in [0.2, 0.25) is 5.91 Å². The number of piperazine rings is 1. The molecule has 0 aromatic carbocycles. The van der Waals surface area contributed by atoms with Gasteiger partial charge in [-0.3, -0.25) is 9.69 Å². The molecule has 3 unspecified atom stereocenters.